The maximum Gasteiger partial charge on any atom is 0.338 e. The van der Waals surface area contributed by atoms with E-state index in [9.17, 15) is 14.0 Å². The van der Waals surface area contributed by atoms with Gasteiger partial charge in [-0.25, -0.2) is 14.2 Å². The van der Waals surface area contributed by atoms with Crippen LogP contribution in [0.3, 0.4) is 0 Å². The third kappa shape index (κ3) is 5.47. The van der Waals surface area contributed by atoms with Crippen LogP contribution in [0.25, 0.3) is 0 Å². The topological polar surface area (TPSA) is 102 Å². The highest BCUT2D eigenvalue weighted by atomic mass is 35.5. The Morgan fingerprint density at radius 3 is 2.63 bits per heavy atom. The van der Waals surface area contributed by atoms with Gasteiger partial charge in [-0.05, 0) is 30.9 Å². The molecule has 1 aromatic heterocycles. The predicted molar refractivity (Wildman–Crippen MR) is 139 cm³/mol. The first-order valence-electron chi connectivity index (χ1n) is 12.3. The van der Waals surface area contributed by atoms with Crippen molar-refractivity contribution in [3.05, 3.63) is 62.5 Å². The predicted octanol–water partition coefficient (Wildman–Crippen LogP) is 3.50. The summed E-state index contributed by atoms with van der Waals surface area (Å²) in [6.45, 7) is 1.44. The molecule has 3 aliphatic rings. The van der Waals surface area contributed by atoms with Gasteiger partial charge in [0.05, 0.1) is 33.0 Å². The highest BCUT2D eigenvalue weighted by Gasteiger charge is 2.42. The minimum Gasteiger partial charge on any atom is -0.469 e. The van der Waals surface area contributed by atoms with Crippen molar-refractivity contribution >= 4 is 40.7 Å². The van der Waals surface area contributed by atoms with Crippen LogP contribution in [-0.2, 0) is 23.8 Å². The summed E-state index contributed by atoms with van der Waals surface area (Å²) in [5.74, 6) is -0.556. The molecule has 9 nitrogen and oxygen atoms in total. The van der Waals surface area contributed by atoms with E-state index in [0.717, 1.165) is 12.8 Å². The first-order chi connectivity index (χ1) is 18.4. The minimum absolute atomic E-state index is 0.0559. The average Bonchev–Trinajstić information content (AvgIpc) is 3.43. The zero-order valence-electron chi connectivity index (χ0n) is 21.0. The van der Waals surface area contributed by atoms with E-state index in [-0.39, 0.29) is 29.0 Å². The molecule has 2 bridgehead atoms. The van der Waals surface area contributed by atoms with Gasteiger partial charge in [0, 0.05) is 52.9 Å². The summed E-state index contributed by atoms with van der Waals surface area (Å²) in [7, 11) is 2.72. The van der Waals surface area contributed by atoms with Crippen LogP contribution in [0.5, 0.6) is 0 Å². The number of nitrogens with zero attached hydrogens (tertiary/aromatic N) is 3. The zero-order chi connectivity index (χ0) is 26.8. The van der Waals surface area contributed by atoms with Crippen LogP contribution in [0.1, 0.15) is 35.9 Å². The van der Waals surface area contributed by atoms with Crippen molar-refractivity contribution in [1.82, 2.24) is 15.2 Å². The van der Waals surface area contributed by atoms with Crippen molar-refractivity contribution in [2.45, 2.75) is 37.4 Å². The van der Waals surface area contributed by atoms with Crippen molar-refractivity contribution in [3.63, 3.8) is 0 Å². The number of fused-ring (bicyclic) bond motifs is 2. The smallest absolute Gasteiger partial charge is 0.338 e. The first-order valence-corrected chi connectivity index (χ1v) is 13.5. The Labute approximate surface area is 228 Å². The normalized spacial score (nSPS) is 25.4. The number of esters is 2. The quantitative estimate of drug-likeness (QED) is 0.512. The molecule has 0 saturated carbocycles. The van der Waals surface area contributed by atoms with Gasteiger partial charge >= 0.3 is 11.9 Å². The number of halogens is 2. The number of thiazole rings is 1. The molecule has 0 amide bonds. The van der Waals surface area contributed by atoms with Gasteiger partial charge in [-0.1, -0.05) is 17.7 Å². The highest BCUT2D eigenvalue weighted by molar-refractivity contribution is 7.11. The number of aromatic nitrogens is 1. The highest BCUT2D eigenvalue weighted by Crippen LogP contribution is 2.39. The van der Waals surface area contributed by atoms with E-state index in [2.05, 4.69) is 15.2 Å². The number of benzene rings is 1. The largest absolute Gasteiger partial charge is 0.469 e. The maximum atomic E-state index is 13.9. The van der Waals surface area contributed by atoms with Crippen LogP contribution in [0.15, 0.2) is 46.0 Å². The number of hydrogen-bond donors (Lipinski definition) is 1. The molecule has 0 aliphatic carbocycles. The van der Waals surface area contributed by atoms with Crippen molar-refractivity contribution in [1.29, 1.82) is 0 Å². The lowest BCUT2D eigenvalue weighted by atomic mass is 9.82. The van der Waals surface area contributed by atoms with Gasteiger partial charge in [0.25, 0.3) is 0 Å². The van der Waals surface area contributed by atoms with Crippen LogP contribution in [0, 0.1) is 11.7 Å². The number of hydrogen-bond acceptors (Lipinski definition) is 10. The van der Waals surface area contributed by atoms with E-state index in [1.165, 1.54) is 43.8 Å². The molecule has 2 saturated heterocycles. The molecule has 1 aromatic carbocycles. The van der Waals surface area contributed by atoms with E-state index >= 15 is 0 Å². The summed E-state index contributed by atoms with van der Waals surface area (Å²) in [4.78, 5) is 36.7. The molecule has 2 aromatic rings. The van der Waals surface area contributed by atoms with Crippen molar-refractivity contribution in [3.8, 4) is 0 Å². The number of morpholine rings is 1. The Morgan fingerprint density at radius 1 is 1.24 bits per heavy atom. The number of nitrogens with one attached hydrogen (secondary N) is 1. The van der Waals surface area contributed by atoms with Crippen LogP contribution >= 0.6 is 22.9 Å². The number of amidine groups is 1. The monoisotopic (exact) mass is 562 g/mol. The maximum absolute atomic E-state index is 13.9. The number of aliphatic imine (C=N–C) groups is 1. The Bertz CT molecular complexity index is 1260. The van der Waals surface area contributed by atoms with Crippen LogP contribution in [-0.4, -0.2) is 73.7 Å². The molecule has 4 heterocycles. The van der Waals surface area contributed by atoms with Gasteiger partial charge in [-0.3, -0.25) is 14.7 Å². The molecule has 202 valence electrons. The Kier molecular flexibility index (Phi) is 8.08. The molecule has 3 aliphatic heterocycles. The van der Waals surface area contributed by atoms with Crippen LogP contribution in [0.4, 0.5) is 4.39 Å². The fourth-order valence-electron chi connectivity index (χ4n) is 5.50. The Hall–Kier alpha value is -2.86. The van der Waals surface area contributed by atoms with E-state index in [0.29, 0.717) is 53.9 Å². The molecule has 5 rings (SSSR count). The lowest BCUT2D eigenvalue weighted by molar-refractivity contribution is -0.144. The average molecular weight is 563 g/mol. The second-order valence-corrected chi connectivity index (χ2v) is 10.8. The number of rotatable bonds is 7. The number of carbonyl (C=O) groups is 2. The van der Waals surface area contributed by atoms with E-state index in [1.807, 2.05) is 5.38 Å². The fourth-order valence-corrected chi connectivity index (χ4v) is 6.36. The lowest BCUT2D eigenvalue weighted by Crippen LogP contribution is -2.58. The summed E-state index contributed by atoms with van der Waals surface area (Å²) in [6, 6.07) is 3.33. The molecule has 1 N–H and O–H groups in total. The van der Waals surface area contributed by atoms with Gasteiger partial charge in [0.15, 0.2) is 10.8 Å². The van der Waals surface area contributed by atoms with Crippen LogP contribution in [0.2, 0.25) is 5.02 Å². The van der Waals surface area contributed by atoms with E-state index in [4.69, 9.17) is 30.8 Å². The third-order valence-corrected chi connectivity index (χ3v) is 8.32. The second-order valence-electron chi connectivity index (χ2n) is 9.53. The summed E-state index contributed by atoms with van der Waals surface area (Å²) in [5, 5.41) is 5.99. The Morgan fingerprint density at radius 2 is 2.00 bits per heavy atom. The molecule has 2 fully saturated rings. The van der Waals surface area contributed by atoms with Crippen LogP contribution < -0.4 is 5.32 Å². The fraction of sp³-hybridized carbons (Fsp3) is 0.462. The molecule has 3 atom stereocenters. The molecular weight excluding hydrogens is 535 g/mol. The summed E-state index contributed by atoms with van der Waals surface area (Å²) in [5.41, 5.74) is 1.41. The van der Waals surface area contributed by atoms with Gasteiger partial charge in [-0.15, -0.1) is 11.3 Å². The molecule has 38 heavy (non-hydrogen) atoms. The molecule has 12 heteroatoms. The zero-order valence-corrected chi connectivity index (χ0v) is 22.6. The third-order valence-electron chi connectivity index (χ3n) is 7.22. The second kappa shape index (κ2) is 11.5. The summed E-state index contributed by atoms with van der Waals surface area (Å²) >= 11 is 7.86. The van der Waals surface area contributed by atoms with Crippen molar-refractivity contribution in [2.24, 2.45) is 10.9 Å². The van der Waals surface area contributed by atoms with E-state index < -0.39 is 17.8 Å². The van der Waals surface area contributed by atoms with E-state index in [1.54, 1.807) is 6.20 Å². The summed E-state index contributed by atoms with van der Waals surface area (Å²) in [6.07, 6.45) is 3.59. The SMILES string of the molecule is COC(=O)CC1CC2COCC(C1)N2CC1=C(C(=O)OC)C(c2ccc(F)cc2Cl)N=C(c2nccs2)N1. The van der Waals surface area contributed by atoms with Gasteiger partial charge in [0.1, 0.15) is 11.9 Å². The number of carbonyl (C=O) groups excluding carboxylic acids is 2. The van der Waals surface area contributed by atoms with Crippen molar-refractivity contribution < 1.29 is 28.2 Å². The summed E-state index contributed by atoms with van der Waals surface area (Å²) < 4.78 is 29.8. The van der Waals surface area contributed by atoms with Crippen molar-refractivity contribution in [2.75, 3.05) is 34.0 Å². The van der Waals surface area contributed by atoms with Gasteiger partial charge in [-0.2, -0.15) is 0 Å². The molecule has 0 radical (unpaired) electrons. The lowest BCUT2D eigenvalue weighted by Gasteiger charge is -2.49. The standard InChI is InChI=1S/C26H28ClFN4O5S/c1-35-21(33)9-14-7-16-12-37-13-17(8-14)32(16)11-20-22(26(34)36-2)23(18-4-3-15(28)10-19(18)27)31-24(30-20)25-29-5-6-38-25/h3-6,10,14,16-17,23H,7-9,11-13H2,1-2H3,(H,30,31). The number of ether oxygens (including phenoxy) is 3. The van der Waals surface area contributed by atoms with Gasteiger partial charge < -0.3 is 19.5 Å². The first kappa shape index (κ1) is 26.7. The molecular formula is C26H28ClFN4O5S. The molecule has 0 spiro atoms. The minimum atomic E-state index is -0.821. The number of methoxy groups -OCH3 is 2. The number of piperidine rings is 1. The Balaban J connectivity index is 1.52. The van der Waals surface area contributed by atoms with Gasteiger partial charge in [0.2, 0.25) is 0 Å². The molecule has 3 unspecified atom stereocenters.